The minimum Gasteiger partial charge on any atom is -0.0942 e. The van der Waals surface area contributed by atoms with E-state index in [-0.39, 0.29) is 0 Å². The van der Waals surface area contributed by atoms with Crippen molar-refractivity contribution >= 4 is 28.6 Å². The molecule has 45 valence electrons. The first kappa shape index (κ1) is 8.39. The van der Waals surface area contributed by atoms with Gasteiger partial charge < -0.3 is 0 Å². The third-order valence-electron chi connectivity index (χ3n) is 0.763. The summed E-state index contributed by atoms with van der Waals surface area (Å²) in [6.07, 6.45) is 3.24. The Hall–Kier alpha value is 0.390. The molecule has 0 aliphatic rings. The summed E-state index contributed by atoms with van der Waals surface area (Å²) in [5.41, 5.74) is 0. The van der Waals surface area contributed by atoms with Gasteiger partial charge in [0.05, 0.1) is 0 Å². The Morgan fingerprint density at radius 2 is 2.12 bits per heavy atom. The van der Waals surface area contributed by atoms with E-state index in [2.05, 4.69) is 26.7 Å². The molecule has 1 radical (unpaired) electrons. The number of unbranched alkanes of at least 4 members (excludes halogenated alkanes) is 2. The molecule has 0 rings (SSSR count). The van der Waals surface area contributed by atoms with Crippen LogP contribution in [0.4, 0.5) is 0 Å². The first-order valence-electron chi connectivity index (χ1n) is 2.58. The fourth-order valence-electron chi connectivity index (χ4n) is 0.363. The molecular weight excluding hydrogens is 184 g/mol. The maximum atomic E-state index is 4.74. The van der Waals surface area contributed by atoms with Gasteiger partial charge in [0.15, 0.2) is 0 Å². The van der Waals surface area contributed by atoms with Crippen molar-refractivity contribution in [3.8, 4) is 10.8 Å². The van der Waals surface area contributed by atoms with Crippen LogP contribution in [0.2, 0.25) is 0 Å². The largest absolute Gasteiger partial charge is 0.0942 e. The number of halogens is 1. The fraction of sp³-hybridized carbons (Fsp3) is 0.667. The highest BCUT2D eigenvalue weighted by Crippen LogP contribution is 1.94. The molecule has 0 nitrogen and oxygen atoms in total. The topological polar surface area (TPSA) is 0 Å². The van der Waals surface area contributed by atoms with Crippen molar-refractivity contribution in [3.63, 3.8) is 0 Å². The second kappa shape index (κ2) is 7.39. The Labute approximate surface area is 64.6 Å². The van der Waals surface area contributed by atoms with E-state index in [4.69, 9.17) is 12.6 Å². The lowest BCUT2D eigenvalue weighted by Gasteiger charge is -1.85. The van der Waals surface area contributed by atoms with Crippen LogP contribution in [-0.4, -0.2) is 5.75 Å². The summed E-state index contributed by atoms with van der Waals surface area (Å²) in [4.78, 5) is 2.66. The molecule has 0 aromatic heterocycles. The van der Waals surface area contributed by atoms with Crippen LogP contribution in [0, 0.1) is 10.8 Å². The van der Waals surface area contributed by atoms with Crippen molar-refractivity contribution in [1.82, 2.24) is 0 Å². The van der Waals surface area contributed by atoms with Crippen molar-refractivity contribution in [2.24, 2.45) is 0 Å². The SMILES string of the molecule is [S]CCCCC#CBr. The number of rotatable bonds is 3. The van der Waals surface area contributed by atoms with E-state index in [0.29, 0.717) is 0 Å². The lowest BCUT2D eigenvalue weighted by molar-refractivity contribution is 0.839. The molecule has 0 N–H and O–H groups in total. The van der Waals surface area contributed by atoms with Gasteiger partial charge in [-0.3, -0.25) is 0 Å². The van der Waals surface area contributed by atoms with Gasteiger partial charge in [-0.25, -0.2) is 0 Å². The van der Waals surface area contributed by atoms with E-state index in [1.807, 2.05) is 0 Å². The predicted octanol–water partition coefficient (Wildman–Crippen LogP) is 2.71. The van der Waals surface area contributed by atoms with Crippen molar-refractivity contribution < 1.29 is 0 Å². The lowest BCUT2D eigenvalue weighted by atomic mass is 10.3. The first-order chi connectivity index (χ1) is 3.91. The van der Waals surface area contributed by atoms with Crippen molar-refractivity contribution in [3.05, 3.63) is 0 Å². The van der Waals surface area contributed by atoms with Crippen LogP contribution >= 0.6 is 28.6 Å². The molecule has 0 aliphatic heterocycles. The van der Waals surface area contributed by atoms with E-state index in [9.17, 15) is 0 Å². The van der Waals surface area contributed by atoms with Crippen LogP contribution in [0.15, 0.2) is 0 Å². The van der Waals surface area contributed by atoms with E-state index in [1.165, 1.54) is 0 Å². The maximum absolute atomic E-state index is 4.74. The molecule has 0 saturated heterocycles. The lowest BCUT2D eigenvalue weighted by Crippen LogP contribution is -1.73. The average Bonchev–Trinajstić information content (AvgIpc) is 1.81. The zero-order valence-electron chi connectivity index (χ0n) is 4.61. The summed E-state index contributed by atoms with van der Waals surface area (Å²) in [5, 5.41) is 0. The van der Waals surface area contributed by atoms with Crippen molar-refractivity contribution in [1.29, 1.82) is 0 Å². The van der Waals surface area contributed by atoms with Crippen LogP contribution in [0.3, 0.4) is 0 Å². The standard InChI is InChI=1S/C6H8BrS/c7-5-3-1-2-4-6-8/h1-2,4,6H2. The third-order valence-corrected chi connectivity index (χ3v) is 1.33. The molecule has 0 heterocycles. The van der Waals surface area contributed by atoms with Crippen LogP contribution in [0.1, 0.15) is 19.3 Å². The van der Waals surface area contributed by atoms with Gasteiger partial charge in [-0.05, 0) is 17.7 Å². The highest BCUT2D eigenvalue weighted by molar-refractivity contribution is 9.12. The Balaban J connectivity index is 2.79. The average molecular weight is 192 g/mol. The smallest absolute Gasteiger partial charge is 0.0106 e. The van der Waals surface area contributed by atoms with Gasteiger partial charge in [-0.1, -0.05) is 18.5 Å². The minimum atomic E-state index is 0.865. The molecule has 0 atom stereocenters. The Morgan fingerprint density at radius 1 is 1.38 bits per heavy atom. The summed E-state index contributed by atoms with van der Waals surface area (Å²) in [7, 11) is 0. The third kappa shape index (κ3) is 6.39. The van der Waals surface area contributed by atoms with Crippen LogP contribution in [0.5, 0.6) is 0 Å². The zero-order valence-corrected chi connectivity index (χ0v) is 7.02. The molecule has 0 bridgehead atoms. The molecular formula is C6H8BrS. The highest BCUT2D eigenvalue weighted by Gasteiger charge is 1.79. The Bertz CT molecular complexity index is 90.4. The van der Waals surface area contributed by atoms with Gasteiger partial charge in [0, 0.05) is 28.1 Å². The second-order valence-corrected chi connectivity index (χ2v) is 2.24. The Morgan fingerprint density at radius 3 is 2.62 bits per heavy atom. The van der Waals surface area contributed by atoms with Gasteiger partial charge >= 0.3 is 0 Å². The van der Waals surface area contributed by atoms with Crippen molar-refractivity contribution in [2.75, 3.05) is 5.75 Å². The van der Waals surface area contributed by atoms with Gasteiger partial charge in [-0.15, -0.1) is 0 Å². The molecule has 2 heteroatoms. The maximum Gasteiger partial charge on any atom is 0.0106 e. The molecule has 0 aromatic carbocycles. The number of hydrogen-bond donors (Lipinski definition) is 0. The quantitative estimate of drug-likeness (QED) is 0.476. The van der Waals surface area contributed by atoms with E-state index in [1.54, 1.807) is 0 Å². The molecule has 0 unspecified atom stereocenters. The zero-order chi connectivity index (χ0) is 6.24. The molecule has 0 amide bonds. The monoisotopic (exact) mass is 191 g/mol. The van der Waals surface area contributed by atoms with Crippen LogP contribution in [-0.2, 0) is 0 Å². The van der Waals surface area contributed by atoms with Gasteiger partial charge in [0.2, 0.25) is 0 Å². The van der Waals surface area contributed by atoms with E-state index < -0.39 is 0 Å². The summed E-state index contributed by atoms with van der Waals surface area (Å²) >= 11 is 7.76. The first-order valence-corrected chi connectivity index (χ1v) is 3.95. The van der Waals surface area contributed by atoms with Gasteiger partial charge in [-0.2, -0.15) is 0 Å². The van der Waals surface area contributed by atoms with E-state index in [0.717, 1.165) is 25.0 Å². The molecule has 0 aliphatic carbocycles. The van der Waals surface area contributed by atoms with Gasteiger partial charge in [0.1, 0.15) is 0 Å². The minimum absolute atomic E-state index is 0.865. The van der Waals surface area contributed by atoms with Crippen molar-refractivity contribution in [2.45, 2.75) is 19.3 Å². The molecule has 8 heavy (non-hydrogen) atoms. The summed E-state index contributed by atoms with van der Waals surface area (Å²) < 4.78 is 0. The van der Waals surface area contributed by atoms with E-state index >= 15 is 0 Å². The van der Waals surface area contributed by atoms with Gasteiger partial charge in [0.25, 0.3) is 0 Å². The highest BCUT2D eigenvalue weighted by atomic mass is 79.9. The summed E-state index contributed by atoms with van der Waals surface area (Å²) in [6.45, 7) is 0. The molecule has 0 aromatic rings. The predicted molar refractivity (Wildman–Crippen MR) is 43.0 cm³/mol. The molecule has 0 saturated carbocycles. The molecule has 0 spiro atoms. The summed E-state index contributed by atoms with van der Waals surface area (Å²) in [6, 6.07) is 0. The second-order valence-electron chi connectivity index (χ2n) is 1.43. The Kier molecular flexibility index (Phi) is 7.75. The number of hydrogen-bond acceptors (Lipinski definition) is 0. The summed E-state index contributed by atoms with van der Waals surface area (Å²) in [5.74, 6) is 3.77. The van der Waals surface area contributed by atoms with Crippen LogP contribution in [0.25, 0.3) is 0 Å². The fourth-order valence-corrected chi connectivity index (χ4v) is 0.765. The normalized spacial score (nSPS) is 7.75. The van der Waals surface area contributed by atoms with Crippen LogP contribution < -0.4 is 0 Å². The molecule has 0 fully saturated rings.